The van der Waals surface area contributed by atoms with Crippen LogP contribution in [0.3, 0.4) is 0 Å². The van der Waals surface area contributed by atoms with E-state index in [2.05, 4.69) is 12.2 Å². The third kappa shape index (κ3) is 4.23. The monoisotopic (exact) mass is 323 g/mol. The van der Waals surface area contributed by atoms with E-state index in [1.165, 1.54) is 6.42 Å². The van der Waals surface area contributed by atoms with Crippen molar-refractivity contribution in [2.75, 3.05) is 0 Å². The summed E-state index contributed by atoms with van der Waals surface area (Å²) >= 11 is 5.96. The highest BCUT2D eigenvalue weighted by Crippen LogP contribution is 2.24. The average Bonchev–Trinajstić information content (AvgIpc) is 2.49. The number of hydrogen-bond donors (Lipinski definition) is 1. The van der Waals surface area contributed by atoms with Crippen molar-refractivity contribution < 1.29 is 14.3 Å². The summed E-state index contributed by atoms with van der Waals surface area (Å²) in [6.45, 7) is 3.72. The second kappa shape index (κ2) is 7.63. The molecule has 0 spiro atoms. The maximum atomic E-state index is 12.2. The van der Waals surface area contributed by atoms with Gasteiger partial charge in [-0.3, -0.25) is 4.79 Å². The highest BCUT2D eigenvalue weighted by atomic mass is 35.5. The van der Waals surface area contributed by atoms with E-state index < -0.39 is 12.1 Å². The van der Waals surface area contributed by atoms with Gasteiger partial charge < -0.3 is 10.1 Å². The molecule has 120 valence electrons. The minimum atomic E-state index is -0.835. The van der Waals surface area contributed by atoms with Crippen molar-refractivity contribution in [2.45, 2.75) is 51.7 Å². The number of ether oxygens (including phenoxy) is 1. The molecule has 1 saturated carbocycles. The van der Waals surface area contributed by atoms with E-state index in [1.54, 1.807) is 31.2 Å². The lowest BCUT2D eigenvalue weighted by Crippen LogP contribution is -2.46. The van der Waals surface area contributed by atoms with E-state index in [-0.39, 0.29) is 17.5 Å². The lowest BCUT2D eigenvalue weighted by Gasteiger charge is -2.30. The number of rotatable bonds is 4. The van der Waals surface area contributed by atoms with Crippen molar-refractivity contribution in [3.05, 3.63) is 34.9 Å². The molecule has 22 heavy (non-hydrogen) atoms. The van der Waals surface area contributed by atoms with Crippen molar-refractivity contribution in [3.8, 4) is 0 Å². The molecular formula is C17H22ClNO3. The Bertz CT molecular complexity index is 546. The summed E-state index contributed by atoms with van der Waals surface area (Å²) in [5, 5.41) is 3.31. The van der Waals surface area contributed by atoms with Crippen molar-refractivity contribution in [3.63, 3.8) is 0 Å². The van der Waals surface area contributed by atoms with Gasteiger partial charge in [-0.15, -0.1) is 0 Å². The lowest BCUT2D eigenvalue weighted by molar-refractivity contribution is -0.130. The fourth-order valence-electron chi connectivity index (χ4n) is 2.74. The standard InChI is InChI=1S/C17H22ClNO3/c1-11-7-3-6-10-15(11)19-16(20)12(2)22-17(21)13-8-4-5-9-14(13)18/h4-5,8-9,11-12,15H,3,6-7,10H2,1-2H3,(H,19,20)/t11-,12+,15+/m0/s1. The Morgan fingerprint density at radius 2 is 1.95 bits per heavy atom. The Balaban J connectivity index is 1.91. The van der Waals surface area contributed by atoms with E-state index in [9.17, 15) is 9.59 Å². The molecule has 0 heterocycles. The van der Waals surface area contributed by atoms with Crippen LogP contribution in [0, 0.1) is 5.92 Å². The molecule has 2 rings (SSSR count). The fraction of sp³-hybridized carbons (Fsp3) is 0.529. The Labute approximate surface area is 136 Å². The van der Waals surface area contributed by atoms with Gasteiger partial charge in [-0.2, -0.15) is 0 Å². The first-order valence-corrected chi connectivity index (χ1v) is 8.12. The van der Waals surface area contributed by atoms with E-state index in [0.717, 1.165) is 19.3 Å². The predicted molar refractivity (Wildman–Crippen MR) is 85.9 cm³/mol. The van der Waals surface area contributed by atoms with Gasteiger partial charge in [-0.25, -0.2) is 4.79 Å². The highest BCUT2D eigenvalue weighted by molar-refractivity contribution is 6.33. The van der Waals surface area contributed by atoms with Gasteiger partial charge in [0.2, 0.25) is 0 Å². The summed E-state index contributed by atoms with van der Waals surface area (Å²) in [6.07, 6.45) is 3.61. The zero-order valence-electron chi connectivity index (χ0n) is 13.0. The van der Waals surface area contributed by atoms with Gasteiger partial charge in [0.05, 0.1) is 10.6 Å². The summed E-state index contributed by atoms with van der Waals surface area (Å²) in [6, 6.07) is 6.81. The van der Waals surface area contributed by atoms with Crippen LogP contribution in [-0.2, 0) is 9.53 Å². The molecular weight excluding hydrogens is 302 g/mol. The normalized spacial score (nSPS) is 22.7. The number of amides is 1. The quantitative estimate of drug-likeness (QED) is 0.862. The molecule has 3 atom stereocenters. The maximum Gasteiger partial charge on any atom is 0.340 e. The summed E-state index contributed by atoms with van der Waals surface area (Å²) in [7, 11) is 0. The molecule has 1 aliphatic carbocycles. The zero-order chi connectivity index (χ0) is 16.1. The summed E-state index contributed by atoms with van der Waals surface area (Å²) in [5.74, 6) is -0.367. The molecule has 0 aliphatic heterocycles. The third-order valence-electron chi connectivity index (χ3n) is 4.19. The van der Waals surface area contributed by atoms with Crippen LogP contribution in [0.15, 0.2) is 24.3 Å². The van der Waals surface area contributed by atoms with Crippen LogP contribution < -0.4 is 5.32 Å². The Hall–Kier alpha value is -1.55. The molecule has 0 bridgehead atoms. The van der Waals surface area contributed by atoms with Crippen LogP contribution in [0.2, 0.25) is 5.02 Å². The molecule has 1 N–H and O–H groups in total. The molecule has 4 nitrogen and oxygen atoms in total. The minimum Gasteiger partial charge on any atom is -0.449 e. The molecule has 0 aromatic heterocycles. The molecule has 0 radical (unpaired) electrons. The van der Waals surface area contributed by atoms with E-state index in [1.807, 2.05) is 0 Å². The van der Waals surface area contributed by atoms with Gasteiger partial charge >= 0.3 is 5.97 Å². The van der Waals surface area contributed by atoms with Crippen LogP contribution >= 0.6 is 11.6 Å². The number of carbonyl (C=O) groups excluding carboxylic acids is 2. The van der Waals surface area contributed by atoms with Gasteiger partial charge in [0.15, 0.2) is 6.10 Å². The summed E-state index contributed by atoms with van der Waals surface area (Å²) in [4.78, 5) is 24.2. The number of hydrogen-bond acceptors (Lipinski definition) is 3. The van der Waals surface area contributed by atoms with Crippen LogP contribution in [0.1, 0.15) is 49.9 Å². The second-order valence-electron chi connectivity index (χ2n) is 5.90. The van der Waals surface area contributed by atoms with Crippen LogP contribution in [0.4, 0.5) is 0 Å². The first kappa shape index (κ1) is 16.8. The number of nitrogens with one attached hydrogen (secondary N) is 1. The fourth-order valence-corrected chi connectivity index (χ4v) is 2.95. The van der Waals surface area contributed by atoms with E-state index >= 15 is 0 Å². The molecule has 0 unspecified atom stereocenters. The van der Waals surface area contributed by atoms with Gasteiger partial charge in [0.1, 0.15) is 0 Å². The maximum absolute atomic E-state index is 12.2. The zero-order valence-corrected chi connectivity index (χ0v) is 13.7. The number of halogens is 1. The molecule has 1 aliphatic rings. The third-order valence-corrected chi connectivity index (χ3v) is 4.52. The van der Waals surface area contributed by atoms with Gasteiger partial charge in [-0.1, -0.05) is 43.5 Å². The van der Waals surface area contributed by atoms with Gasteiger partial charge in [0, 0.05) is 6.04 Å². The number of benzene rings is 1. The summed E-state index contributed by atoms with van der Waals surface area (Å²) in [5.41, 5.74) is 0.273. The van der Waals surface area contributed by atoms with Crippen LogP contribution in [-0.4, -0.2) is 24.0 Å². The van der Waals surface area contributed by atoms with Crippen molar-refractivity contribution in [2.24, 2.45) is 5.92 Å². The number of carbonyl (C=O) groups is 2. The number of esters is 1. The van der Waals surface area contributed by atoms with Crippen molar-refractivity contribution in [1.82, 2.24) is 5.32 Å². The first-order valence-electron chi connectivity index (χ1n) is 7.75. The Morgan fingerprint density at radius 1 is 1.27 bits per heavy atom. The molecule has 0 saturated heterocycles. The molecule has 1 aromatic carbocycles. The van der Waals surface area contributed by atoms with Crippen LogP contribution in [0.5, 0.6) is 0 Å². The van der Waals surface area contributed by atoms with Crippen molar-refractivity contribution in [1.29, 1.82) is 0 Å². The van der Waals surface area contributed by atoms with Crippen molar-refractivity contribution >= 4 is 23.5 Å². The summed E-state index contributed by atoms with van der Waals surface area (Å²) < 4.78 is 5.22. The SMILES string of the molecule is C[C@@H](OC(=O)c1ccccc1Cl)C(=O)N[C@@H]1CCCC[C@@H]1C. The smallest absolute Gasteiger partial charge is 0.340 e. The van der Waals surface area contributed by atoms with Gasteiger partial charge in [0.25, 0.3) is 5.91 Å². The minimum absolute atomic E-state index is 0.169. The highest BCUT2D eigenvalue weighted by Gasteiger charge is 2.26. The van der Waals surface area contributed by atoms with E-state index in [0.29, 0.717) is 10.9 Å². The molecule has 1 aromatic rings. The Kier molecular flexibility index (Phi) is 5.83. The van der Waals surface area contributed by atoms with E-state index in [4.69, 9.17) is 16.3 Å². The van der Waals surface area contributed by atoms with Gasteiger partial charge in [-0.05, 0) is 37.8 Å². The first-order chi connectivity index (χ1) is 10.5. The molecule has 5 heteroatoms. The largest absolute Gasteiger partial charge is 0.449 e. The molecule has 1 amide bonds. The Morgan fingerprint density at radius 3 is 2.64 bits per heavy atom. The predicted octanol–water partition coefficient (Wildman–Crippen LogP) is 3.58. The molecule has 1 fully saturated rings. The van der Waals surface area contributed by atoms with Crippen LogP contribution in [0.25, 0.3) is 0 Å². The second-order valence-corrected chi connectivity index (χ2v) is 6.31. The topological polar surface area (TPSA) is 55.4 Å². The average molecular weight is 324 g/mol. The lowest BCUT2D eigenvalue weighted by atomic mass is 9.86.